The second-order valence-electron chi connectivity index (χ2n) is 3.46. The third-order valence-corrected chi connectivity index (χ3v) is 2.44. The lowest BCUT2D eigenvalue weighted by Crippen LogP contribution is -2.05. The summed E-state index contributed by atoms with van der Waals surface area (Å²) in [7, 11) is 0. The molecule has 2 N–H and O–H groups in total. The monoisotopic (exact) mass is 237 g/mol. The van der Waals surface area contributed by atoms with Crippen molar-refractivity contribution in [3.05, 3.63) is 34.6 Å². The molecule has 0 aliphatic carbocycles. The van der Waals surface area contributed by atoms with E-state index in [-0.39, 0.29) is 0 Å². The number of hydrogen-bond acceptors (Lipinski definition) is 4. The highest BCUT2D eigenvalue weighted by atomic mass is 35.5. The Morgan fingerprint density at radius 3 is 3.00 bits per heavy atom. The van der Waals surface area contributed by atoms with Crippen LogP contribution in [-0.2, 0) is 6.42 Å². The minimum absolute atomic E-state index is 0.514. The van der Waals surface area contributed by atoms with Crippen molar-refractivity contribution in [1.82, 2.24) is 20.2 Å². The Kier molecular flexibility index (Phi) is 3.17. The van der Waals surface area contributed by atoms with Crippen LogP contribution in [0.1, 0.15) is 11.4 Å². The van der Waals surface area contributed by atoms with Crippen LogP contribution >= 0.6 is 11.6 Å². The van der Waals surface area contributed by atoms with Gasteiger partial charge in [-0.3, -0.25) is 0 Å². The molecule has 0 bridgehead atoms. The molecule has 0 unspecified atom stereocenters. The summed E-state index contributed by atoms with van der Waals surface area (Å²) < 4.78 is 0. The third-order valence-electron chi connectivity index (χ3n) is 2.21. The van der Waals surface area contributed by atoms with Crippen LogP contribution in [0.25, 0.3) is 5.69 Å². The van der Waals surface area contributed by atoms with Crippen LogP contribution in [-0.4, -0.2) is 26.8 Å². The van der Waals surface area contributed by atoms with E-state index in [4.69, 9.17) is 17.3 Å². The summed E-state index contributed by atoms with van der Waals surface area (Å²) in [6.07, 6.45) is 0.625. The molecule has 0 saturated carbocycles. The molecule has 1 aromatic carbocycles. The highest BCUT2D eigenvalue weighted by Crippen LogP contribution is 2.17. The van der Waals surface area contributed by atoms with Crippen molar-refractivity contribution in [2.45, 2.75) is 13.3 Å². The molecule has 0 atom stereocenters. The molecule has 0 fully saturated rings. The standard InChI is InChI=1S/C10H12ClN5/c1-7-2-3-8(11)6-9(7)16-14-10(4-5-12)13-15-16/h2-3,6H,4-5,12H2,1H3. The smallest absolute Gasteiger partial charge is 0.176 e. The number of rotatable bonds is 3. The predicted octanol–water partition coefficient (Wildman–Crippen LogP) is 1.13. The molecule has 0 amide bonds. The first-order valence-electron chi connectivity index (χ1n) is 4.96. The highest BCUT2D eigenvalue weighted by molar-refractivity contribution is 6.30. The van der Waals surface area contributed by atoms with Gasteiger partial charge in [-0.15, -0.1) is 15.0 Å². The predicted molar refractivity (Wildman–Crippen MR) is 61.7 cm³/mol. The first-order valence-corrected chi connectivity index (χ1v) is 5.34. The molecule has 0 aliphatic heterocycles. The molecule has 84 valence electrons. The zero-order valence-electron chi connectivity index (χ0n) is 8.89. The molecule has 0 radical (unpaired) electrons. The maximum atomic E-state index is 5.93. The second-order valence-corrected chi connectivity index (χ2v) is 3.90. The lowest BCUT2D eigenvalue weighted by atomic mass is 10.2. The molecule has 1 heterocycles. The minimum Gasteiger partial charge on any atom is -0.330 e. The number of aromatic nitrogens is 4. The van der Waals surface area contributed by atoms with Gasteiger partial charge in [-0.25, -0.2) is 0 Å². The van der Waals surface area contributed by atoms with Crippen LogP contribution in [0.3, 0.4) is 0 Å². The van der Waals surface area contributed by atoms with Crippen LogP contribution in [0, 0.1) is 6.92 Å². The molecule has 0 spiro atoms. The molecule has 1 aromatic heterocycles. The van der Waals surface area contributed by atoms with Crippen molar-refractivity contribution in [2.75, 3.05) is 6.54 Å². The van der Waals surface area contributed by atoms with Crippen LogP contribution in [0.5, 0.6) is 0 Å². The first-order chi connectivity index (χ1) is 7.70. The van der Waals surface area contributed by atoms with Gasteiger partial charge in [0.25, 0.3) is 0 Å². The van der Waals surface area contributed by atoms with Gasteiger partial charge >= 0.3 is 0 Å². The summed E-state index contributed by atoms with van der Waals surface area (Å²) in [6, 6.07) is 5.56. The Bertz CT molecular complexity index is 494. The van der Waals surface area contributed by atoms with E-state index in [0.29, 0.717) is 23.8 Å². The lowest BCUT2D eigenvalue weighted by Gasteiger charge is -2.03. The minimum atomic E-state index is 0.514. The normalized spacial score (nSPS) is 10.7. The maximum Gasteiger partial charge on any atom is 0.176 e. The summed E-state index contributed by atoms with van der Waals surface area (Å²) in [5.41, 5.74) is 7.30. The van der Waals surface area contributed by atoms with Crippen molar-refractivity contribution in [1.29, 1.82) is 0 Å². The van der Waals surface area contributed by atoms with Crippen LogP contribution in [0.15, 0.2) is 18.2 Å². The number of benzene rings is 1. The molecular formula is C10H12ClN5. The first kappa shape index (κ1) is 11.0. The Morgan fingerprint density at radius 1 is 1.44 bits per heavy atom. The van der Waals surface area contributed by atoms with Gasteiger partial charge in [0.05, 0.1) is 5.69 Å². The molecule has 6 heteroatoms. The highest BCUT2D eigenvalue weighted by Gasteiger charge is 2.07. The van der Waals surface area contributed by atoms with Gasteiger partial charge in [-0.1, -0.05) is 17.7 Å². The number of hydrogen-bond donors (Lipinski definition) is 1. The zero-order chi connectivity index (χ0) is 11.5. The fraction of sp³-hybridized carbons (Fsp3) is 0.300. The largest absolute Gasteiger partial charge is 0.330 e. The van der Waals surface area contributed by atoms with E-state index in [1.807, 2.05) is 25.1 Å². The SMILES string of the molecule is Cc1ccc(Cl)cc1-n1nnc(CCN)n1. The van der Waals surface area contributed by atoms with E-state index < -0.39 is 0 Å². The van der Waals surface area contributed by atoms with Crippen LogP contribution in [0.4, 0.5) is 0 Å². The lowest BCUT2D eigenvalue weighted by molar-refractivity contribution is 0.713. The zero-order valence-corrected chi connectivity index (χ0v) is 9.65. The average molecular weight is 238 g/mol. The van der Waals surface area contributed by atoms with E-state index in [1.54, 1.807) is 0 Å². The Hall–Kier alpha value is -1.46. The molecule has 2 rings (SSSR count). The van der Waals surface area contributed by atoms with Gasteiger partial charge < -0.3 is 5.73 Å². The molecule has 0 saturated heterocycles. The topological polar surface area (TPSA) is 69.6 Å². The maximum absolute atomic E-state index is 5.93. The molecule has 2 aromatic rings. The van der Waals surface area contributed by atoms with Crippen molar-refractivity contribution in [3.8, 4) is 5.69 Å². The van der Waals surface area contributed by atoms with Gasteiger partial charge in [0, 0.05) is 11.4 Å². The molecule has 16 heavy (non-hydrogen) atoms. The van der Waals surface area contributed by atoms with Gasteiger partial charge in [0.15, 0.2) is 5.82 Å². The van der Waals surface area contributed by atoms with E-state index >= 15 is 0 Å². The summed E-state index contributed by atoms with van der Waals surface area (Å²) in [4.78, 5) is 1.48. The van der Waals surface area contributed by atoms with Gasteiger partial charge in [0.2, 0.25) is 0 Å². The van der Waals surface area contributed by atoms with E-state index in [0.717, 1.165) is 11.3 Å². The fourth-order valence-corrected chi connectivity index (χ4v) is 1.54. The number of tetrazole rings is 1. The molecule has 0 aliphatic rings. The van der Waals surface area contributed by atoms with E-state index in [9.17, 15) is 0 Å². The van der Waals surface area contributed by atoms with Gasteiger partial charge in [0.1, 0.15) is 0 Å². The van der Waals surface area contributed by atoms with Crippen LogP contribution in [0.2, 0.25) is 5.02 Å². The van der Waals surface area contributed by atoms with Gasteiger partial charge in [-0.05, 0) is 36.4 Å². The van der Waals surface area contributed by atoms with Crippen molar-refractivity contribution >= 4 is 11.6 Å². The van der Waals surface area contributed by atoms with Crippen molar-refractivity contribution in [2.24, 2.45) is 5.73 Å². The van der Waals surface area contributed by atoms with Crippen molar-refractivity contribution in [3.63, 3.8) is 0 Å². The Balaban J connectivity index is 2.38. The number of nitrogens with two attached hydrogens (primary N) is 1. The third kappa shape index (κ3) is 2.20. The summed E-state index contributed by atoms with van der Waals surface area (Å²) in [5.74, 6) is 0.641. The quantitative estimate of drug-likeness (QED) is 0.869. The van der Waals surface area contributed by atoms with Crippen molar-refractivity contribution < 1.29 is 0 Å². The molecule has 5 nitrogen and oxygen atoms in total. The average Bonchev–Trinajstić information content (AvgIpc) is 2.71. The number of aryl methyl sites for hydroxylation is 1. The van der Waals surface area contributed by atoms with E-state index in [1.165, 1.54) is 4.80 Å². The Morgan fingerprint density at radius 2 is 2.25 bits per heavy atom. The number of nitrogens with zero attached hydrogens (tertiary/aromatic N) is 4. The van der Waals surface area contributed by atoms with E-state index in [2.05, 4.69) is 15.4 Å². The molecular weight excluding hydrogens is 226 g/mol. The van der Waals surface area contributed by atoms with Gasteiger partial charge in [-0.2, -0.15) is 0 Å². The van der Waals surface area contributed by atoms with Crippen LogP contribution < -0.4 is 5.73 Å². The summed E-state index contributed by atoms with van der Waals surface area (Å²) in [6.45, 7) is 2.48. The Labute approximate surface area is 98.2 Å². The summed E-state index contributed by atoms with van der Waals surface area (Å²) in [5, 5.41) is 12.8. The summed E-state index contributed by atoms with van der Waals surface area (Å²) >= 11 is 5.93. The number of halogens is 1. The second kappa shape index (κ2) is 4.59. The fourth-order valence-electron chi connectivity index (χ4n) is 1.37.